The van der Waals surface area contributed by atoms with Crippen LogP contribution in [-0.2, 0) is 11.8 Å². The molecular weight excluding hydrogens is 337 g/mol. The summed E-state index contributed by atoms with van der Waals surface area (Å²) >= 11 is 4.28. The molecule has 1 aromatic carbocycles. The molecule has 0 radical (unpaired) electrons. The topological polar surface area (TPSA) is 68.0 Å². The first-order valence-electron chi connectivity index (χ1n) is 5.19. The Hall–Kier alpha value is -1.41. The Morgan fingerprint density at radius 3 is 2.95 bits per heavy atom. The lowest BCUT2D eigenvalue weighted by Gasteiger charge is -2.00. The van der Waals surface area contributed by atoms with E-state index in [0.29, 0.717) is 9.63 Å². The zero-order valence-electron chi connectivity index (χ0n) is 9.80. The number of carboxylic acid groups (broad SMARTS) is 1. The molecule has 0 fully saturated rings. The van der Waals surface area contributed by atoms with Gasteiger partial charge in [-0.15, -0.1) is 0 Å². The van der Waals surface area contributed by atoms with Crippen LogP contribution >= 0.6 is 27.7 Å². The minimum atomic E-state index is -0.943. The Balaban J connectivity index is 2.36. The number of aryl methyl sites for hydroxylation is 1. The molecule has 0 spiro atoms. The minimum Gasteiger partial charge on any atom is -0.481 e. The third-order valence-corrected chi connectivity index (χ3v) is 3.90. The number of nitrogens with zero attached hydrogens (tertiary/aromatic N) is 3. The van der Waals surface area contributed by atoms with Crippen molar-refractivity contribution in [3.05, 3.63) is 28.5 Å². The Kier molecular flexibility index (Phi) is 4.20. The van der Waals surface area contributed by atoms with E-state index in [-0.39, 0.29) is 17.1 Å². The number of aromatic nitrogens is 3. The molecule has 0 atom stereocenters. The molecular formula is C11H9BrFN3O2S. The van der Waals surface area contributed by atoms with Gasteiger partial charge in [-0.2, -0.15) is 5.10 Å². The smallest absolute Gasteiger partial charge is 0.313 e. The van der Waals surface area contributed by atoms with Crippen LogP contribution < -0.4 is 0 Å². The summed E-state index contributed by atoms with van der Waals surface area (Å²) < 4.78 is 15.8. The van der Waals surface area contributed by atoms with Crippen LogP contribution in [0, 0.1) is 5.82 Å². The summed E-state index contributed by atoms with van der Waals surface area (Å²) in [5, 5.41) is 13.2. The molecule has 0 aliphatic carbocycles. The van der Waals surface area contributed by atoms with E-state index < -0.39 is 11.8 Å². The molecule has 2 aromatic rings. The third kappa shape index (κ3) is 3.13. The maximum atomic E-state index is 13.8. The van der Waals surface area contributed by atoms with E-state index in [4.69, 9.17) is 5.11 Å². The zero-order chi connectivity index (χ0) is 14.0. The van der Waals surface area contributed by atoms with Crippen LogP contribution in [0.1, 0.15) is 0 Å². The fraction of sp³-hybridized carbons (Fsp3) is 0.182. The molecule has 0 saturated heterocycles. The number of rotatable bonds is 4. The summed E-state index contributed by atoms with van der Waals surface area (Å²) in [6, 6.07) is 4.59. The van der Waals surface area contributed by atoms with E-state index in [9.17, 15) is 9.18 Å². The van der Waals surface area contributed by atoms with Crippen molar-refractivity contribution in [3.63, 3.8) is 0 Å². The summed E-state index contributed by atoms with van der Waals surface area (Å²) in [6.45, 7) is 0. The van der Waals surface area contributed by atoms with Crippen LogP contribution in [0.5, 0.6) is 0 Å². The maximum Gasteiger partial charge on any atom is 0.313 e. The number of thioether (sulfide) groups is 1. The summed E-state index contributed by atoms with van der Waals surface area (Å²) in [5.41, 5.74) is 0.264. The fourth-order valence-electron chi connectivity index (χ4n) is 1.44. The first-order valence-corrected chi connectivity index (χ1v) is 6.97. The molecule has 0 aliphatic rings. The van der Waals surface area contributed by atoms with Crippen molar-refractivity contribution in [2.45, 2.75) is 5.16 Å². The van der Waals surface area contributed by atoms with E-state index >= 15 is 0 Å². The predicted molar refractivity (Wildman–Crippen MR) is 72.5 cm³/mol. The average Bonchev–Trinajstić information content (AvgIpc) is 2.67. The van der Waals surface area contributed by atoms with Crippen molar-refractivity contribution >= 4 is 33.7 Å². The van der Waals surface area contributed by atoms with Gasteiger partial charge < -0.3 is 5.11 Å². The van der Waals surface area contributed by atoms with Crippen LogP contribution in [-0.4, -0.2) is 31.6 Å². The second kappa shape index (κ2) is 5.70. The number of halogens is 2. The van der Waals surface area contributed by atoms with Gasteiger partial charge in [-0.25, -0.2) is 14.1 Å². The number of hydrogen-bond acceptors (Lipinski definition) is 4. The summed E-state index contributed by atoms with van der Waals surface area (Å²) in [4.78, 5) is 14.7. The van der Waals surface area contributed by atoms with Gasteiger partial charge in [0.05, 0.1) is 11.3 Å². The van der Waals surface area contributed by atoms with Crippen LogP contribution in [0.15, 0.2) is 27.8 Å². The molecule has 8 heteroatoms. The van der Waals surface area contributed by atoms with E-state index in [1.54, 1.807) is 19.2 Å². The SMILES string of the molecule is Cn1nc(-c2c(F)cccc2Br)nc1SCC(=O)O. The lowest BCUT2D eigenvalue weighted by molar-refractivity contribution is -0.133. The van der Waals surface area contributed by atoms with Gasteiger partial charge in [-0.05, 0) is 28.1 Å². The summed E-state index contributed by atoms with van der Waals surface area (Å²) in [5.74, 6) is -1.28. The molecule has 100 valence electrons. The van der Waals surface area contributed by atoms with Gasteiger partial charge in [-0.3, -0.25) is 4.79 Å². The van der Waals surface area contributed by atoms with Gasteiger partial charge in [0.25, 0.3) is 0 Å². The summed E-state index contributed by atoms with van der Waals surface area (Å²) in [6.07, 6.45) is 0. The van der Waals surface area contributed by atoms with Crippen LogP contribution in [0.25, 0.3) is 11.4 Å². The highest BCUT2D eigenvalue weighted by Crippen LogP contribution is 2.29. The lowest BCUT2D eigenvalue weighted by atomic mass is 10.2. The van der Waals surface area contributed by atoms with E-state index in [1.807, 2.05) is 0 Å². The van der Waals surface area contributed by atoms with E-state index in [2.05, 4.69) is 26.0 Å². The van der Waals surface area contributed by atoms with Crippen molar-refractivity contribution in [1.29, 1.82) is 0 Å². The second-order valence-corrected chi connectivity index (χ2v) is 5.42. The van der Waals surface area contributed by atoms with Gasteiger partial charge in [0.2, 0.25) is 0 Å². The molecule has 1 N–H and O–H groups in total. The highest BCUT2D eigenvalue weighted by molar-refractivity contribution is 9.10. The van der Waals surface area contributed by atoms with Gasteiger partial charge in [-0.1, -0.05) is 17.8 Å². The van der Waals surface area contributed by atoms with Crippen LogP contribution in [0.4, 0.5) is 4.39 Å². The second-order valence-electron chi connectivity index (χ2n) is 3.62. The largest absolute Gasteiger partial charge is 0.481 e. The number of aliphatic carboxylic acids is 1. The monoisotopic (exact) mass is 345 g/mol. The Labute approximate surface area is 121 Å². The molecule has 2 rings (SSSR count). The first-order chi connectivity index (χ1) is 8.99. The molecule has 1 heterocycles. The molecule has 0 saturated carbocycles. The highest BCUT2D eigenvalue weighted by atomic mass is 79.9. The van der Waals surface area contributed by atoms with Gasteiger partial charge in [0.15, 0.2) is 11.0 Å². The zero-order valence-corrected chi connectivity index (χ0v) is 12.2. The molecule has 5 nitrogen and oxygen atoms in total. The van der Waals surface area contributed by atoms with Crippen molar-refractivity contribution in [3.8, 4) is 11.4 Å². The van der Waals surface area contributed by atoms with Crippen LogP contribution in [0.2, 0.25) is 0 Å². The number of benzene rings is 1. The van der Waals surface area contributed by atoms with Gasteiger partial charge in [0.1, 0.15) is 5.82 Å². The molecule has 0 bridgehead atoms. The Bertz CT molecular complexity index is 612. The molecule has 19 heavy (non-hydrogen) atoms. The van der Waals surface area contributed by atoms with Gasteiger partial charge in [0, 0.05) is 11.5 Å². The van der Waals surface area contributed by atoms with E-state index in [0.717, 1.165) is 11.8 Å². The standard InChI is InChI=1S/C11H9BrFN3O2S/c1-16-11(19-5-8(17)18)14-10(15-16)9-6(12)3-2-4-7(9)13/h2-4H,5H2,1H3,(H,17,18). The molecule has 1 aromatic heterocycles. The van der Waals surface area contributed by atoms with Crippen molar-refractivity contribution in [2.24, 2.45) is 7.05 Å². The third-order valence-electron chi connectivity index (χ3n) is 2.23. The van der Waals surface area contributed by atoms with Crippen molar-refractivity contribution in [2.75, 3.05) is 5.75 Å². The average molecular weight is 346 g/mol. The van der Waals surface area contributed by atoms with E-state index in [1.165, 1.54) is 10.7 Å². The number of carboxylic acids is 1. The number of carbonyl (C=O) groups is 1. The molecule has 0 aliphatic heterocycles. The van der Waals surface area contributed by atoms with Gasteiger partial charge >= 0.3 is 5.97 Å². The fourth-order valence-corrected chi connectivity index (χ4v) is 2.59. The molecule has 0 unspecified atom stereocenters. The minimum absolute atomic E-state index is 0.121. The van der Waals surface area contributed by atoms with Crippen LogP contribution in [0.3, 0.4) is 0 Å². The Morgan fingerprint density at radius 2 is 2.32 bits per heavy atom. The highest BCUT2D eigenvalue weighted by Gasteiger charge is 2.16. The van der Waals surface area contributed by atoms with Crippen molar-refractivity contribution < 1.29 is 14.3 Å². The Morgan fingerprint density at radius 1 is 1.58 bits per heavy atom. The quantitative estimate of drug-likeness (QED) is 0.862. The summed E-state index contributed by atoms with van der Waals surface area (Å²) in [7, 11) is 1.63. The van der Waals surface area contributed by atoms with Crippen molar-refractivity contribution in [1.82, 2.24) is 14.8 Å². The predicted octanol–water partition coefficient (Wildman–Crippen LogP) is 2.56. The molecule has 0 amide bonds. The normalized spacial score (nSPS) is 10.7. The lowest BCUT2D eigenvalue weighted by Crippen LogP contribution is -2.00. The number of hydrogen-bond donors (Lipinski definition) is 1. The first kappa shape index (κ1) is 14.0. The maximum absolute atomic E-state index is 13.8.